The smallest absolute Gasteiger partial charge is 0.228 e. The van der Waals surface area contributed by atoms with E-state index in [1.165, 1.54) is 0 Å². The fourth-order valence-electron chi connectivity index (χ4n) is 2.71. The molecule has 6 nitrogen and oxygen atoms in total. The van der Waals surface area contributed by atoms with E-state index in [-0.39, 0.29) is 6.10 Å². The number of hydrogen-bond donors (Lipinski definition) is 1. The Morgan fingerprint density at radius 2 is 2.24 bits per heavy atom. The van der Waals surface area contributed by atoms with Crippen molar-refractivity contribution in [1.29, 1.82) is 0 Å². The first kappa shape index (κ1) is 16.4. The van der Waals surface area contributed by atoms with Crippen LogP contribution in [0.4, 0.5) is 0 Å². The molecular formula is C15H28N4O2. The molecule has 0 aliphatic carbocycles. The van der Waals surface area contributed by atoms with Crippen molar-refractivity contribution in [2.24, 2.45) is 5.92 Å². The van der Waals surface area contributed by atoms with E-state index in [0.717, 1.165) is 39.1 Å². The Hall–Kier alpha value is -0.980. The Labute approximate surface area is 127 Å². The van der Waals surface area contributed by atoms with Gasteiger partial charge >= 0.3 is 0 Å². The molecule has 21 heavy (non-hydrogen) atoms. The SMILES string of the molecule is CCN1CCOC(c2noc(CC(CC(C)C)NC)n2)C1. The van der Waals surface area contributed by atoms with Crippen molar-refractivity contribution in [1.82, 2.24) is 20.4 Å². The lowest BCUT2D eigenvalue weighted by molar-refractivity contribution is -0.0334. The zero-order chi connectivity index (χ0) is 15.2. The number of rotatable bonds is 7. The highest BCUT2D eigenvalue weighted by molar-refractivity contribution is 4.95. The van der Waals surface area contributed by atoms with Gasteiger partial charge in [0.25, 0.3) is 0 Å². The van der Waals surface area contributed by atoms with E-state index < -0.39 is 0 Å². The molecule has 0 amide bonds. The summed E-state index contributed by atoms with van der Waals surface area (Å²) in [4.78, 5) is 6.87. The van der Waals surface area contributed by atoms with Crippen molar-refractivity contribution in [2.45, 2.75) is 45.8 Å². The lowest BCUT2D eigenvalue weighted by Gasteiger charge is -2.30. The molecule has 1 aliphatic rings. The second-order valence-corrected chi connectivity index (χ2v) is 6.12. The third-order valence-electron chi connectivity index (χ3n) is 3.95. The molecule has 2 unspecified atom stereocenters. The average Bonchev–Trinajstić information content (AvgIpc) is 2.94. The molecule has 1 aliphatic heterocycles. The van der Waals surface area contributed by atoms with Crippen LogP contribution in [-0.4, -0.2) is 54.4 Å². The number of likely N-dealkylation sites (N-methyl/N-ethyl adjacent to an activating group) is 2. The molecule has 1 aromatic heterocycles. The Bertz CT molecular complexity index is 422. The van der Waals surface area contributed by atoms with Gasteiger partial charge in [-0.1, -0.05) is 25.9 Å². The predicted octanol–water partition coefficient (Wildman–Crippen LogP) is 1.64. The van der Waals surface area contributed by atoms with Gasteiger partial charge in [-0.2, -0.15) is 4.98 Å². The van der Waals surface area contributed by atoms with E-state index in [0.29, 0.717) is 23.7 Å². The van der Waals surface area contributed by atoms with E-state index in [1.807, 2.05) is 7.05 Å². The van der Waals surface area contributed by atoms with Crippen LogP contribution in [0, 0.1) is 5.92 Å². The molecule has 0 bridgehead atoms. The third kappa shape index (κ3) is 4.76. The summed E-state index contributed by atoms with van der Waals surface area (Å²) in [6.07, 6.45) is 1.80. The van der Waals surface area contributed by atoms with Gasteiger partial charge < -0.3 is 14.6 Å². The second-order valence-electron chi connectivity index (χ2n) is 6.12. The van der Waals surface area contributed by atoms with Gasteiger partial charge in [-0.15, -0.1) is 0 Å². The molecule has 2 rings (SSSR count). The first-order valence-corrected chi connectivity index (χ1v) is 7.96. The molecule has 120 valence electrons. The maximum absolute atomic E-state index is 5.76. The van der Waals surface area contributed by atoms with Crippen molar-refractivity contribution < 1.29 is 9.26 Å². The Morgan fingerprint density at radius 1 is 1.43 bits per heavy atom. The zero-order valence-electron chi connectivity index (χ0n) is 13.6. The molecule has 0 aromatic carbocycles. The van der Waals surface area contributed by atoms with Crippen LogP contribution in [0.1, 0.15) is 45.0 Å². The maximum Gasteiger partial charge on any atom is 0.228 e. The highest BCUT2D eigenvalue weighted by Gasteiger charge is 2.26. The van der Waals surface area contributed by atoms with Crippen molar-refractivity contribution in [3.63, 3.8) is 0 Å². The molecular weight excluding hydrogens is 268 g/mol. The first-order chi connectivity index (χ1) is 10.1. The van der Waals surface area contributed by atoms with Crippen molar-refractivity contribution in [2.75, 3.05) is 33.3 Å². The highest BCUT2D eigenvalue weighted by Crippen LogP contribution is 2.20. The fraction of sp³-hybridized carbons (Fsp3) is 0.867. The van der Waals surface area contributed by atoms with Crippen molar-refractivity contribution >= 4 is 0 Å². The minimum absolute atomic E-state index is 0.0608. The van der Waals surface area contributed by atoms with Gasteiger partial charge in [0.15, 0.2) is 0 Å². The topological polar surface area (TPSA) is 63.4 Å². The number of nitrogens with zero attached hydrogens (tertiary/aromatic N) is 3. The molecule has 0 saturated carbocycles. The van der Waals surface area contributed by atoms with E-state index in [4.69, 9.17) is 9.26 Å². The van der Waals surface area contributed by atoms with E-state index in [9.17, 15) is 0 Å². The van der Waals surface area contributed by atoms with Crippen LogP contribution in [0.5, 0.6) is 0 Å². The summed E-state index contributed by atoms with van der Waals surface area (Å²) in [5.41, 5.74) is 0. The normalized spacial score (nSPS) is 21.9. The van der Waals surface area contributed by atoms with Gasteiger partial charge in [0.05, 0.1) is 6.61 Å². The maximum atomic E-state index is 5.76. The Kier molecular flexibility index (Phi) is 6.14. The molecule has 1 aromatic rings. The van der Waals surface area contributed by atoms with Gasteiger partial charge in [0.1, 0.15) is 6.10 Å². The van der Waals surface area contributed by atoms with Gasteiger partial charge in [-0.3, -0.25) is 4.90 Å². The van der Waals surface area contributed by atoms with Crippen LogP contribution in [0.15, 0.2) is 4.52 Å². The molecule has 1 saturated heterocycles. The third-order valence-corrected chi connectivity index (χ3v) is 3.95. The predicted molar refractivity (Wildman–Crippen MR) is 81.1 cm³/mol. The number of nitrogens with one attached hydrogen (secondary N) is 1. The van der Waals surface area contributed by atoms with E-state index in [1.54, 1.807) is 0 Å². The van der Waals surface area contributed by atoms with Crippen LogP contribution in [0.2, 0.25) is 0 Å². The summed E-state index contributed by atoms with van der Waals surface area (Å²) in [6.45, 7) is 10.2. The quantitative estimate of drug-likeness (QED) is 0.825. The highest BCUT2D eigenvalue weighted by atomic mass is 16.5. The lowest BCUT2D eigenvalue weighted by Crippen LogP contribution is -2.38. The molecule has 0 spiro atoms. The van der Waals surface area contributed by atoms with Crippen LogP contribution < -0.4 is 5.32 Å². The van der Waals surface area contributed by atoms with Crippen LogP contribution >= 0.6 is 0 Å². The summed E-state index contributed by atoms with van der Waals surface area (Å²) < 4.78 is 11.2. The van der Waals surface area contributed by atoms with Gasteiger partial charge in [-0.25, -0.2) is 0 Å². The summed E-state index contributed by atoms with van der Waals surface area (Å²) in [5, 5.41) is 7.43. The van der Waals surface area contributed by atoms with Crippen LogP contribution in [0.3, 0.4) is 0 Å². The summed E-state index contributed by atoms with van der Waals surface area (Å²) >= 11 is 0. The molecule has 2 atom stereocenters. The number of aromatic nitrogens is 2. The number of ether oxygens (including phenoxy) is 1. The fourth-order valence-corrected chi connectivity index (χ4v) is 2.71. The molecule has 2 heterocycles. The lowest BCUT2D eigenvalue weighted by atomic mass is 10.0. The van der Waals surface area contributed by atoms with Crippen molar-refractivity contribution in [3.05, 3.63) is 11.7 Å². The van der Waals surface area contributed by atoms with Gasteiger partial charge in [0, 0.05) is 25.6 Å². The average molecular weight is 296 g/mol. The minimum atomic E-state index is -0.0608. The van der Waals surface area contributed by atoms with Gasteiger partial charge in [-0.05, 0) is 25.9 Å². The van der Waals surface area contributed by atoms with E-state index in [2.05, 4.69) is 41.1 Å². The molecule has 0 radical (unpaired) electrons. The number of morpholine rings is 1. The zero-order valence-corrected chi connectivity index (χ0v) is 13.6. The number of hydrogen-bond acceptors (Lipinski definition) is 6. The van der Waals surface area contributed by atoms with Crippen LogP contribution in [0.25, 0.3) is 0 Å². The largest absolute Gasteiger partial charge is 0.367 e. The summed E-state index contributed by atoms with van der Waals surface area (Å²) in [5.74, 6) is 2.02. The Morgan fingerprint density at radius 3 is 2.90 bits per heavy atom. The molecule has 6 heteroatoms. The first-order valence-electron chi connectivity index (χ1n) is 7.96. The summed E-state index contributed by atoms with van der Waals surface area (Å²) in [7, 11) is 1.98. The minimum Gasteiger partial charge on any atom is -0.367 e. The Balaban J connectivity index is 1.94. The molecule has 1 N–H and O–H groups in total. The standard InChI is InChI=1S/C15H28N4O2/c1-5-19-6-7-20-13(10-19)15-17-14(21-18-15)9-12(16-4)8-11(2)3/h11-13,16H,5-10H2,1-4H3. The van der Waals surface area contributed by atoms with Crippen molar-refractivity contribution in [3.8, 4) is 0 Å². The second kappa shape index (κ2) is 7.87. The monoisotopic (exact) mass is 296 g/mol. The summed E-state index contributed by atoms with van der Waals surface area (Å²) in [6, 6.07) is 0.373. The van der Waals surface area contributed by atoms with Gasteiger partial charge in [0.2, 0.25) is 11.7 Å². The molecule has 1 fully saturated rings. The van der Waals surface area contributed by atoms with E-state index >= 15 is 0 Å². The van der Waals surface area contributed by atoms with Crippen LogP contribution in [-0.2, 0) is 11.2 Å².